The van der Waals surface area contributed by atoms with Crippen LogP contribution in [0.25, 0.3) is 22.8 Å². The molecule has 0 saturated carbocycles. The highest BCUT2D eigenvalue weighted by Gasteiger charge is 2.12. The molecule has 0 bridgehead atoms. The Hall–Kier alpha value is -4.07. The van der Waals surface area contributed by atoms with Crippen LogP contribution in [0.3, 0.4) is 0 Å². The van der Waals surface area contributed by atoms with Gasteiger partial charge in [-0.2, -0.15) is 5.10 Å². The van der Waals surface area contributed by atoms with Gasteiger partial charge in [-0.05, 0) is 35.9 Å². The second kappa shape index (κ2) is 7.28. The first-order valence-corrected chi connectivity index (χ1v) is 8.37. The van der Waals surface area contributed by atoms with Crippen molar-refractivity contribution in [2.24, 2.45) is 0 Å². The minimum Gasteiger partial charge on any atom is -0.321 e. The fraction of sp³-hybridized carbons (Fsp3) is 0. The van der Waals surface area contributed by atoms with Crippen molar-refractivity contribution in [1.82, 2.24) is 19.7 Å². The molecule has 2 aromatic heterocycles. The van der Waals surface area contributed by atoms with Gasteiger partial charge in [0.2, 0.25) is 5.91 Å². The van der Waals surface area contributed by atoms with E-state index in [9.17, 15) is 14.0 Å². The van der Waals surface area contributed by atoms with Gasteiger partial charge < -0.3 is 10.3 Å². The lowest BCUT2D eigenvalue weighted by atomic mass is 10.2. The van der Waals surface area contributed by atoms with Gasteiger partial charge in [-0.25, -0.2) is 14.1 Å². The van der Waals surface area contributed by atoms with Crippen LogP contribution >= 0.6 is 0 Å². The van der Waals surface area contributed by atoms with Crippen LogP contribution in [0.2, 0.25) is 0 Å². The van der Waals surface area contributed by atoms with Crippen LogP contribution in [0.1, 0.15) is 5.56 Å². The first kappa shape index (κ1) is 17.3. The highest BCUT2D eigenvalue weighted by Crippen LogP contribution is 2.22. The lowest BCUT2D eigenvalue weighted by Crippen LogP contribution is -2.12. The summed E-state index contributed by atoms with van der Waals surface area (Å²) in [6.07, 6.45) is 5.67. The number of carbonyl (C=O) groups excluding carboxylic acids is 1. The van der Waals surface area contributed by atoms with Crippen molar-refractivity contribution < 1.29 is 9.18 Å². The van der Waals surface area contributed by atoms with Crippen LogP contribution in [-0.4, -0.2) is 25.7 Å². The summed E-state index contributed by atoms with van der Waals surface area (Å²) >= 11 is 0. The van der Waals surface area contributed by atoms with Crippen molar-refractivity contribution in [3.8, 4) is 5.69 Å². The van der Waals surface area contributed by atoms with E-state index in [-0.39, 0.29) is 17.3 Å². The number of para-hydroxylation sites is 2. The van der Waals surface area contributed by atoms with Gasteiger partial charge >= 0.3 is 0 Å². The second-order valence-corrected chi connectivity index (χ2v) is 5.92. The third-order valence-electron chi connectivity index (χ3n) is 4.06. The van der Waals surface area contributed by atoms with Crippen LogP contribution in [0, 0.1) is 5.82 Å². The van der Waals surface area contributed by atoms with Crippen LogP contribution in [0.15, 0.2) is 71.9 Å². The molecule has 0 spiro atoms. The number of fused-ring (bicyclic) bond motifs is 1. The summed E-state index contributed by atoms with van der Waals surface area (Å²) in [5.74, 6) is -0.700. The molecule has 138 valence electrons. The maximum atomic E-state index is 12.9. The molecule has 0 fully saturated rings. The Morgan fingerprint density at radius 2 is 1.93 bits per heavy atom. The molecule has 0 aliphatic carbocycles. The zero-order valence-corrected chi connectivity index (χ0v) is 14.5. The van der Waals surface area contributed by atoms with Crippen molar-refractivity contribution in [2.45, 2.75) is 0 Å². The van der Waals surface area contributed by atoms with Crippen molar-refractivity contribution in [3.63, 3.8) is 0 Å². The largest absolute Gasteiger partial charge is 0.321 e. The summed E-state index contributed by atoms with van der Waals surface area (Å²) in [4.78, 5) is 30.9. The average molecular weight is 375 g/mol. The highest BCUT2D eigenvalue weighted by atomic mass is 19.1. The molecule has 0 unspecified atom stereocenters. The number of rotatable bonds is 4. The highest BCUT2D eigenvalue weighted by molar-refractivity contribution is 6.03. The Balaban J connectivity index is 1.63. The lowest BCUT2D eigenvalue weighted by molar-refractivity contribution is -0.111. The van der Waals surface area contributed by atoms with Crippen molar-refractivity contribution >= 4 is 28.7 Å². The number of hydrogen-bond donors (Lipinski definition) is 2. The molecule has 4 rings (SSSR count). The molecular formula is C20H14FN5O2. The van der Waals surface area contributed by atoms with Gasteiger partial charge in [0.1, 0.15) is 11.2 Å². The predicted molar refractivity (Wildman–Crippen MR) is 104 cm³/mol. The second-order valence-electron chi connectivity index (χ2n) is 5.92. The molecule has 0 radical (unpaired) electrons. The van der Waals surface area contributed by atoms with Crippen molar-refractivity contribution in [1.29, 1.82) is 0 Å². The molecule has 1 amide bonds. The van der Waals surface area contributed by atoms with E-state index in [0.717, 1.165) is 0 Å². The number of H-pyrrole nitrogens is 1. The van der Waals surface area contributed by atoms with Crippen LogP contribution in [0.5, 0.6) is 0 Å². The monoisotopic (exact) mass is 375 g/mol. The molecule has 4 aromatic rings. The molecule has 7 nitrogen and oxygen atoms in total. The lowest BCUT2D eigenvalue weighted by Gasteiger charge is -2.10. The van der Waals surface area contributed by atoms with Crippen LogP contribution in [-0.2, 0) is 4.79 Å². The molecule has 8 heteroatoms. The molecule has 0 atom stereocenters. The quantitative estimate of drug-likeness (QED) is 0.537. The number of carbonyl (C=O) groups is 1. The topological polar surface area (TPSA) is 92.7 Å². The van der Waals surface area contributed by atoms with Gasteiger partial charge in [-0.1, -0.05) is 24.3 Å². The predicted octanol–water partition coefficient (Wildman–Crippen LogP) is 2.90. The number of amides is 1. The summed E-state index contributed by atoms with van der Waals surface area (Å²) < 4.78 is 14.4. The van der Waals surface area contributed by atoms with Gasteiger partial charge in [-0.3, -0.25) is 9.59 Å². The molecule has 0 saturated heterocycles. The van der Waals surface area contributed by atoms with Gasteiger partial charge in [0.25, 0.3) is 5.56 Å². The number of halogens is 1. The Morgan fingerprint density at radius 1 is 1.14 bits per heavy atom. The number of nitrogens with one attached hydrogen (secondary N) is 2. The van der Waals surface area contributed by atoms with Gasteiger partial charge in [0.15, 0.2) is 5.65 Å². The van der Waals surface area contributed by atoms with Gasteiger partial charge in [0, 0.05) is 6.08 Å². The van der Waals surface area contributed by atoms with Crippen molar-refractivity contribution in [3.05, 3.63) is 88.9 Å². The number of benzene rings is 2. The molecule has 28 heavy (non-hydrogen) atoms. The third-order valence-corrected chi connectivity index (χ3v) is 4.06. The molecular weight excluding hydrogens is 361 g/mol. The smallest absolute Gasteiger partial charge is 0.261 e. The summed E-state index contributed by atoms with van der Waals surface area (Å²) in [5.41, 5.74) is 1.86. The molecule has 0 aliphatic heterocycles. The molecule has 2 aromatic carbocycles. The fourth-order valence-corrected chi connectivity index (χ4v) is 2.72. The first-order chi connectivity index (χ1) is 13.6. The Bertz CT molecular complexity index is 1240. The third kappa shape index (κ3) is 3.43. The fourth-order valence-electron chi connectivity index (χ4n) is 2.72. The maximum Gasteiger partial charge on any atom is 0.261 e. The summed E-state index contributed by atoms with van der Waals surface area (Å²) in [7, 11) is 0. The van der Waals surface area contributed by atoms with E-state index >= 15 is 0 Å². The maximum absolute atomic E-state index is 12.9. The zero-order chi connectivity index (χ0) is 19.5. The normalized spacial score (nSPS) is 11.2. The Morgan fingerprint density at radius 3 is 2.75 bits per heavy atom. The van der Waals surface area contributed by atoms with Crippen LogP contribution in [0.4, 0.5) is 10.1 Å². The molecule has 2 N–H and O–H groups in total. The summed E-state index contributed by atoms with van der Waals surface area (Å²) in [6.45, 7) is 0. The number of aromatic amines is 1. The first-order valence-electron chi connectivity index (χ1n) is 8.37. The van der Waals surface area contributed by atoms with E-state index in [1.165, 1.54) is 35.4 Å². The minimum absolute atomic E-state index is 0.292. The minimum atomic E-state index is -0.362. The average Bonchev–Trinajstić information content (AvgIpc) is 3.13. The number of hydrogen-bond acceptors (Lipinski definition) is 4. The van der Waals surface area contributed by atoms with E-state index in [4.69, 9.17) is 0 Å². The SMILES string of the molecule is O=C(/C=C/c1ccc(F)cc1)Nc1ccccc1-n1ncc2c(=O)[nH]cnc21. The Labute approximate surface area is 158 Å². The number of aromatic nitrogens is 4. The van der Waals surface area contributed by atoms with Crippen molar-refractivity contribution in [2.75, 3.05) is 5.32 Å². The summed E-state index contributed by atoms with van der Waals surface area (Å²) in [5, 5.41) is 7.36. The van der Waals surface area contributed by atoms with E-state index in [2.05, 4.69) is 20.4 Å². The van der Waals surface area contributed by atoms with E-state index in [0.29, 0.717) is 28.0 Å². The summed E-state index contributed by atoms with van der Waals surface area (Å²) in [6, 6.07) is 12.8. The zero-order valence-electron chi connectivity index (χ0n) is 14.5. The van der Waals surface area contributed by atoms with Gasteiger partial charge in [-0.15, -0.1) is 0 Å². The number of nitrogens with zero attached hydrogens (tertiary/aromatic N) is 3. The van der Waals surface area contributed by atoms with E-state index in [1.807, 2.05) is 0 Å². The molecule has 0 aliphatic rings. The van der Waals surface area contributed by atoms with Gasteiger partial charge in [0.05, 0.1) is 23.9 Å². The standard InChI is InChI=1S/C20H14FN5O2/c21-14-8-5-13(6-9-14)7-10-18(27)25-16-3-1-2-4-17(16)26-19-15(11-24-26)20(28)23-12-22-19/h1-12H,(H,25,27)(H,22,23,28)/b10-7+. The van der Waals surface area contributed by atoms with E-state index in [1.54, 1.807) is 42.5 Å². The number of anilines is 1. The molecule has 2 heterocycles. The van der Waals surface area contributed by atoms with Crippen LogP contribution < -0.4 is 10.9 Å². The Kier molecular flexibility index (Phi) is 4.51. The van der Waals surface area contributed by atoms with E-state index < -0.39 is 0 Å².